The molecule has 0 bridgehead atoms. The number of hydrogen-bond donors (Lipinski definition) is 13. The maximum atomic E-state index is 13.3. The lowest BCUT2D eigenvalue weighted by molar-refractivity contribution is -0.292. The largest absolute Gasteiger partial charge is 0.394 e. The number of amides is 1. The van der Waals surface area contributed by atoms with Crippen molar-refractivity contribution in [2.75, 3.05) is 52.9 Å². The van der Waals surface area contributed by atoms with Crippen LogP contribution in [0.1, 0.15) is 25.7 Å². The van der Waals surface area contributed by atoms with E-state index in [1.165, 1.54) is 11.9 Å². The molecule has 1 aliphatic carbocycles. The normalized spacial score (nSPS) is 45.0. The molecule has 1 saturated carbocycles. The van der Waals surface area contributed by atoms with Crippen LogP contribution in [0.3, 0.4) is 0 Å². The molecule has 4 saturated heterocycles. The third-order valence-corrected chi connectivity index (χ3v) is 10.8. The monoisotopic (exact) mass is 752 g/mol. The maximum absolute atomic E-state index is 13.3. The number of nitrogens with two attached hydrogens (primary N) is 5. The minimum atomic E-state index is -1.66. The van der Waals surface area contributed by atoms with Crippen LogP contribution >= 0.6 is 0 Å². The van der Waals surface area contributed by atoms with E-state index in [2.05, 4.69) is 10.6 Å². The van der Waals surface area contributed by atoms with Crippen LogP contribution in [0.5, 0.6) is 0 Å². The molecular formula is C31H60N8O13. The van der Waals surface area contributed by atoms with Gasteiger partial charge in [-0.3, -0.25) is 4.79 Å². The molecule has 4 aliphatic heterocycles. The molecule has 4 heterocycles. The minimum absolute atomic E-state index is 0.0376. The van der Waals surface area contributed by atoms with E-state index in [-0.39, 0.29) is 32.2 Å². The summed E-state index contributed by atoms with van der Waals surface area (Å²) in [7, 11) is 1.44. The number of carbonyl (C=O) groups is 1. The summed E-state index contributed by atoms with van der Waals surface area (Å²) in [4.78, 5) is 14.6. The molecule has 5 rings (SSSR count). The Bertz CT molecular complexity index is 1150. The van der Waals surface area contributed by atoms with Crippen LogP contribution in [-0.2, 0) is 33.2 Å². The molecule has 5 aliphatic rings. The summed E-state index contributed by atoms with van der Waals surface area (Å²) < 4.78 is 36.4. The fourth-order valence-corrected chi connectivity index (χ4v) is 7.44. The third kappa shape index (κ3) is 8.88. The first-order valence-corrected chi connectivity index (χ1v) is 18.1. The molecule has 17 atom stereocenters. The lowest BCUT2D eigenvalue weighted by atomic mass is 9.82. The first-order chi connectivity index (χ1) is 24.7. The number of ether oxygens (including phenoxy) is 6. The van der Waals surface area contributed by atoms with Gasteiger partial charge in [0.05, 0.1) is 30.8 Å². The second-order valence-electron chi connectivity index (χ2n) is 14.6. The highest BCUT2D eigenvalue weighted by Gasteiger charge is 2.56. The number of aliphatic hydroxyl groups is 6. The highest BCUT2D eigenvalue weighted by atomic mass is 16.8. The number of hydrogen-bond acceptors (Lipinski definition) is 20. The summed E-state index contributed by atoms with van der Waals surface area (Å²) >= 11 is 0. The third-order valence-electron chi connectivity index (χ3n) is 10.8. The van der Waals surface area contributed by atoms with Gasteiger partial charge in [-0.2, -0.15) is 0 Å². The van der Waals surface area contributed by atoms with Gasteiger partial charge in [-0.1, -0.05) is 0 Å². The van der Waals surface area contributed by atoms with Gasteiger partial charge >= 0.3 is 0 Å². The number of nitrogens with zero attached hydrogens (tertiary/aromatic N) is 1. The Morgan fingerprint density at radius 1 is 0.865 bits per heavy atom. The number of nitrogens with one attached hydrogen (secondary N) is 2. The van der Waals surface area contributed by atoms with Crippen molar-refractivity contribution in [1.29, 1.82) is 0 Å². The minimum Gasteiger partial charge on any atom is -0.394 e. The molecule has 18 N–H and O–H groups in total. The van der Waals surface area contributed by atoms with Crippen molar-refractivity contribution in [3.63, 3.8) is 0 Å². The van der Waals surface area contributed by atoms with Gasteiger partial charge in [0.15, 0.2) is 24.5 Å². The van der Waals surface area contributed by atoms with E-state index < -0.39 is 116 Å². The van der Waals surface area contributed by atoms with E-state index in [1.807, 2.05) is 0 Å². The summed E-state index contributed by atoms with van der Waals surface area (Å²) in [5.74, 6) is -0.624. The van der Waals surface area contributed by atoms with Crippen LogP contribution in [0.25, 0.3) is 0 Å². The predicted molar refractivity (Wildman–Crippen MR) is 179 cm³/mol. The lowest BCUT2D eigenvalue weighted by Crippen LogP contribution is -2.71. The van der Waals surface area contributed by atoms with Crippen LogP contribution in [0.4, 0.5) is 0 Å². The molecule has 52 heavy (non-hydrogen) atoms. The molecule has 0 spiro atoms. The van der Waals surface area contributed by atoms with Crippen LogP contribution < -0.4 is 39.3 Å². The molecule has 0 radical (unpaired) electrons. The summed E-state index contributed by atoms with van der Waals surface area (Å²) in [5.41, 5.74) is 28.8. The van der Waals surface area contributed by atoms with E-state index in [1.54, 1.807) is 0 Å². The fourth-order valence-electron chi connectivity index (χ4n) is 7.44. The first-order valence-electron chi connectivity index (χ1n) is 18.1. The molecule has 0 unspecified atom stereocenters. The van der Waals surface area contributed by atoms with Gasteiger partial charge in [0.2, 0.25) is 0 Å². The van der Waals surface area contributed by atoms with E-state index in [0.717, 1.165) is 6.42 Å². The number of carbonyl (C=O) groups excluding carboxylic acids is 1. The lowest BCUT2D eigenvalue weighted by Gasteiger charge is -2.50. The van der Waals surface area contributed by atoms with Gasteiger partial charge in [-0.05, 0) is 38.8 Å². The van der Waals surface area contributed by atoms with Crippen LogP contribution in [-0.4, -0.2) is 204 Å². The zero-order valence-corrected chi connectivity index (χ0v) is 29.5. The quantitative estimate of drug-likeness (QED) is 0.0691. The molecule has 302 valence electrons. The van der Waals surface area contributed by atoms with Gasteiger partial charge in [0, 0.05) is 39.3 Å². The van der Waals surface area contributed by atoms with Gasteiger partial charge in [0.1, 0.15) is 54.9 Å². The number of aliphatic hydroxyl groups excluding tert-OH is 5. The molecule has 21 nitrogen and oxygen atoms in total. The van der Waals surface area contributed by atoms with E-state index >= 15 is 0 Å². The summed E-state index contributed by atoms with van der Waals surface area (Å²) in [6.07, 6.45) is -14.1. The van der Waals surface area contributed by atoms with E-state index in [0.29, 0.717) is 32.5 Å². The molecule has 0 aromatic rings. The number of β-amino-alcohol motifs (C(OH)–C–C–N with tert-alkyl or cyclic N) is 1. The molecular weight excluding hydrogens is 692 g/mol. The maximum Gasteiger partial charge on any atom is 0.257 e. The highest BCUT2D eigenvalue weighted by Crippen LogP contribution is 2.36. The van der Waals surface area contributed by atoms with Gasteiger partial charge in [-0.25, -0.2) is 0 Å². The van der Waals surface area contributed by atoms with Gasteiger partial charge in [-0.15, -0.1) is 0 Å². The first kappa shape index (κ1) is 41.9. The molecule has 5 fully saturated rings. The van der Waals surface area contributed by atoms with Gasteiger partial charge < -0.3 is 103 Å². The van der Waals surface area contributed by atoms with Crippen molar-refractivity contribution in [2.45, 2.75) is 135 Å². The molecule has 1 amide bonds. The fraction of sp³-hybridized carbons (Fsp3) is 0.968. The predicted octanol–water partition coefficient (Wildman–Crippen LogP) is -8.02. The van der Waals surface area contributed by atoms with E-state index in [9.17, 15) is 35.4 Å². The van der Waals surface area contributed by atoms with Crippen molar-refractivity contribution in [3.8, 4) is 0 Å². The smallest absolute Gasteiger partial charge is 0.257 e. The van der Waals surface area contributed by atoms with Crippen molar-refractivity contribution in [1.82, 2.24) is 15.5 Å². The molecule has 21 heteroatoms. The Balaban J connectivity index is 1.35. The van der Waals surface area contributed by atoms with Crippen molar-refractivity contribution >= 4 is 5.91 Å². The molecule has 0 aromatic heterocycles. The second kappa shape index (κ2) is 18.1. The Morgan fingerprint density at radius 3 is 2.17 bits per heavy atom. The van der Waals surface area contributed by atoms with Crippen molar-refractivity contribution < 1.29 is 63.9 Å². The SMILES string of the molecule is CN(C(=O)C1(O)CNC1)[C@@H]1C[C@H](N)[C@@H](O[C@H]2O[C@H](CNCCCN)CC[C@H]2N)[C@H](O[C@@H]2O[C@H](CO)[C@@H](O[C@H]3O[C@@H](CN)[C@@H](O)[C@H](O)[C@H]3N)[C@H]2O)[C@H]1O. The highest BCUT2D eigenvalue weighted by molar-refractivity contribution is 5.86. The zero-order chi connectivity index (χ0) is 37.9. The zero-order valence-electron chi connectivity index (χ0n) is 29.5. The summed E-state index contributed by atoms with van der Waals surface area (Å²) in [5, 5.41) is 71.2. The Morgan fingerprint density at radius 2 is 1.54 bits per heavy atom. The van der Waals surface area contributed by atoms with Crippen LogP contribution in [0, 0.1) is 0 Å². The Kier molecular flexibility index (Phi) is 14.6. The Hall–Kier alpha value is -1.29. The average molecular weight is 753 g/mol. The van der Waals surface area contributed by atoms with E-state index in [4.69, 9.17) is 57.1 Å². The van der Waals surface area contributed by atoms with Crippen molar-refractivity contribution in [2.24, 2.45) is 28.7 Å². The summed E-state index contributed by atoms with van der Waals surface area (Å²) in [6.45, 7) is 1.04. The van der Waals surface area contributed by atoms with Crippen LogP contribution in [0.2, 0.25) is 0 Å². The number of likely N-dealkylation sites (N-methyl/N-ethyl adjacent to an activating group) is 1. The second-order valence-corrected chi connectivity index (χ2v) is 14.6. The Labute approximate surface area is 302 Å². The topological polar surface area (TPSA) is 351 Å². The standard InChI is InChI=1S/C31H60N8O13/c1-39(30(45)31(46)11-38-12-31)16-7-15(35)24(50-27-14(34)4-3-13(47-27)9-37-6-2-5-32)26(20(16)41)52-29-23(44)25(18(10-40)49-29)51-28-19(36)22(43)21(42)17(8-33)48-28/h13-29,37-38,40-44,46H,2-12,32-36H2,1H3/t13-,14+,15-,16+,17-,18+,19+,20-,21+,22+,23+,24+,25+,26+,27+,28+,29-/m0/s1. The average Bonchev–Trinajstić information content (AvgIpc) is 3.42. The van der Waals surface area contributed by atoms with Crippen molar-refractivity contribution in [3.05, 3.63) is 0 Å². The number of rotatable bonds is 15. The molecule has 0 aromatic carbocycles. The summed E-state index contributed by atoms with van der Waals surface area (Å²) in [6, 6.07) is -3.65. The van der Waals surface area contributed by atoms with Gasteiger partial charge in [0.25, 0.3) is 5.91 Å². The van der Waals surface area contributed by atoms with Crippen LogP contribution in [0.15, 0.2) is 0 Å².